The molecule has 0 saturated heterocycles. The molecule has 0 bridgehead atoms. The van der Waals surface area contributed by atoms with E-state index in [0.717, 1.165) is 44.1 Å². The molecule has 0 aromatic heterocycles. The highest BCUT2D eigenvalue weighted by molar-refractivity contribution is 5.74. The van der Waals surface area contributed by atoms with E-state index in [9.17, 15) is 14.3 Å². The number of rotatable bonds is 4. The van der Waals surface area contributed by atoms with E-state index in [4.69, 9.17) is 0 Å². The third kappa shape index (κ3) is 4.47. The molecular weight excluding hydrogens is 307 g/mol. The summed E-state index contributed by atoms with van der Waals surface area (Å²) in [6.45, 7) is 0. The van der Waals surface area contributed by atoms with Crippen LogP contribution in [0.1, 0.15) is 63.0 Å². The standard InChI is InChI=1S/C19H27FN2O2/c20-15-7-5-14(6-8-15)18(13-3-1-2-4-13)22-19(24)21-16-9-11-17(23)12-10-16/h5-8,13,16-18,23H,1-4,9-12H2,(H2,21,22,24). The molecule has 1 unspecified atom stereocenters. The second-order valence-electron chi connectivity index (χ2n) is 7.20. The molecular formula is C19H27FN2O2. The Labute approximate surface area is 142 Å². The molecule has 2 saturated carbocycles. The minimum Gasteiger partial charge on any atom is -0.393 e. The largest absolute Gasteiger partial charge is 0.393 e. The zero-order chi connectivity index (χ0) is 16.9. The van der Waals surface area contributed by atoms with E-state index >= 15 is 0 Å². The van der Waals surface area contributed by atoms with Crippen LogP contribution in [-0.2, 0) is 0 Å². The third-order valence-electron chi connectivity index (χ3n) is 5.42. The van der Waals surface area contributed by atoms with Crippen LogP contribution in [0.15, 0.2) is 24.3 Å². The van der Waals surface area contributed by atoms with Gasteiger partial charge in [-0.25, -0.2) is 9.18 Å². The highest BCUT2D eigenvalue weighted by Gasteiger charge is 2.29. The molecule has 3 rings (SSSR count). The van der Waals surface area contributed by atoms with Crippen molar-refractivity contribution in [3.8, 4) is 0 Å². The average Bonchev–Trinajstić information content (AvgIpc) is 3.10. The second-order valence-corrected chi connectivity index (χ2v) is 7.20. The second kappa shape index (κ2) is 7.97. The van der Waals surface area contributed by atoms with Crippen molar-refractivity contribution in [1.29, 1.82) is 0 Å². The molecule has 132 valence electrons. The van der Waals surface area contributed by atoms with Crippen LogP contribution in [0.3, 0.4) is 0 Å². The Hall–Kier alpha value is -1.62. The van der Waals surface area contributed by atoms with Crippen molar-refractivity contribution in [2.24, 2.45) is 5.92 Å². The van der Waals surface area contributed by atoms with Crippen LogP contribution < -0.4 is 10.6 Å². The van der Waals surface area contributed by atoms with Crippen molar-refractivity contribution in [3.63, 3.8) is 0 Å². The van der Waals surface area contributed by atoms with Crippen molar-refractivity contribution in [2.45, 2.75) is 69.6 Å². The van der Waals surface area contributed by atoms with Crippen LogP contribution in [0.2, 0.25) is 0 Å². The van der Waals surface area contributed by atoms with Gasteiger partial charge in [-0.15, -0.1) is 0 Å². The van der Waals surface area contributed by atoms with Crippen LogP contribution in [0.4, 0.5) is 9.18 Å². The number of hydrogen-bond acceptors (Lipinski definition) is 2. The first kappa shape index (κ1) is 17.2. The Morgan fingerprint density at radius 2 is 1.67 bits per heavy atom. The number of carbonyl (C=O) groups excluding carboxylic acids is 1. The van der Waals surface area contributed by atoms with Gasteiger partial charge in [0, 0.05) is 6.04 Å². The summed E-state index contributed by atoms with van der Waals surface area (Å²) >= 11 is 0. The molecule has 2 fully saturated rings. The van der Waals surface area contributed by atoms with Gasteiger partial charge in [0.1, 0.15) is 5.82 Å². The fraction of sp³-hybridized carbons (Fsp3) is 0.632. The smallest absolute Gasteiger partial charge is 0.315 e. The number of hydrogen-bond donors (Lipinski definition) is 3. The van der Waals surface area contributed by atoms with Crippen LogP contribution in [0.25, 0.3) is 0 Å². The SMILES string of the molecule is O=C(NC1CCC(O)CC1)NC(c1ccc(F)cc1)C1CCCC1. The number of amides is 2. The topological polar surface area (TPSA) is 61.4 Å². The van der Waals surface area contributed by atoms with Gasteiger partial charge < -0.3 is 15.7 Å². The Morgan fingerprint density at radius 1 is 1.04 bits per heavy atom. The fourth-order valence-electron chi connectivity index (χ4n) is 4.02. The molecule has 1 aromatic rings. The summed E-state index contributed by atoms with van der Waals surface area (Å²) in [6.07, 6.45) is 7.47. The molecule has 2 aliphatic carbocycles. The Balaban J connectivity index is 1.62. The Morgan fingerprint density at radius 3 is 2.29 bits per heavy atom. The molecule has 2 amide bonds. The van der Waals surface area contributed by atoms with Gasteiger partial charge in [0.05, 0.1) is 12.1 Å². The van der Waals surface area contributed by atoms with E-state index in [2.05, 4.69) is 10.6 Å². The van der Waals surface area contributed by atoms with Crippen molar-refractivity contribution in [2.75, 3.05) is 0 Å². The highest BCUT2D eigenvalue weighted by Crippen LogP contribution is 2.35. The van der Waals surface area contributed by atoms with Gasteiger partial charge in [-0.3, -0.25) is 0 Å². The first-order chi connectivity index (χ1) is 11.6. The summed E-state index contributed by atoms with van der Waals surface area (Å²) in [5.41, 5.74) is 0.970. The zero-order valence-electron chi connectivity index (χ0n) is 14.0. The van der Waals surface area contributed by atoms with Gasteiger partial charge in [0.15, 0.2) is 0 Å². The molecule has 24 heavy (non-hydrogen) atoms. The molecule has 1 aromatic carbocycles. The van der Waals surface area contributed by atoms with Gasteiger partial charge in [-0.2, -0.15) is 0 Å². The first-order valence-electron chi connectivity index (χ1n) is 9.12. The van der Waals surface area contributed by atoms with E-state index < -0.39 is 0 Å². The van der Waals surface area contributed by atoms with E-state index in [1.807, 2.05) is 0 Å². The van der Waals surface area contributed by atoms with Crippen molar-refractivity contribution in [3.05, 3.63) is 35.6 Å². The van der Waals surface area contributed by atoms with Crippen molar-refractivity contribution >= 4 is 6.03 Å². The van der Waals surface area contributed by atoms with Crippen LogP contribution >= 0.6 is 0 Å². The highest BCUT2D eigenvalue weighted by atomic mass is 19.1. The van der Waals surface area contributed by atoms with Crippen molar-refractivity contribution in [1.82, 2.24) is 10.6 Å². The number of nitrogens with one attached hydrogen (secondary N) is 2. The van der Waals surface area contributed by atoms with Gasteiger partial charge >= 0.3 is 6.03 Å². The Kier molecular flexibility index (Phi) is 5.72. The summed E-state index contributed by atoms with van der Waals surface area (Å²) in [5.74, 6) is 0.156. The summed E-state index contributed by atoms with van der Waals surface area (Å²) in [6, 6.07) is 6.37. The van der Waals surface area contributed by atoms with Gasteiger partial charge in [0.25, 0.3) is 0 Å². The monoisotopic (exact) mass is 334 g/mol. The number of aliphatic hydroxyl groups excluding tert-OH is 1. The normalized spacial score (nSPS) is 26.1. The van der Waals surface area contributed by atoms with E-state index in [0.29, 0.717) is 5.92 Å². The van der Waals surface area contributed by atoms with Crippen molar-refractivity contribution < 1.29 is 14.3 Å². The summed E-state index contributed by atoms with van der Waals surface area (Å²) in [7, 11) is 0. The lowest BCUT2D eigenvalue weighted by atomic mass is 9.91. The fourth-order valence-corrected chi connectivity index (χ4v) is 4.02. The summed E-state index contributed by atoms with van der Waals surface area (Å²) < 4.78 is 13.2. The molecule has 4 nitrogen and oxygen atoms in total. The Bertz CT molecular complexity index is 535. The number of urea groups is 1. The maximum atomic E-state index is 13.2. The quantitative estimate of drug-likeness (QED) is 0.787. The van der Waals surface area contributed by atoms with E-state index in [1.54, 1.807) is 12.1 Å². The van der Waals surface area contributed by atoms with Gasteiger partial charge in [-0.05, 0) is 62.1 Å². The lowest BCUT2D eigenvalue weighted by Gasteiger charge is -2.29. The molecule has 2 aliphatic rings. The molecule has 0 radical (unpaired) electrons. The van der Waals surface area contributed by atoms with E-state index in [1.165, 1.54) is 25.0 Å². The third-order valence-corrected chi connectivity index (χ3v) is 5.42. The number of halogens is 1. The maximum Gasteiger partial charge on any atom is 0.315 e. The minimum atomic E-state index is -0.255. The molecule has 0 heterocycles. The molecule has 1 atom stereocenters. The zero-order valence-corrected chi connectivity index (χ0v) is 14.0. The molecule has 5 heteroatoms. The van der Waals surface area contributed by atoms with Gasteiger partial charge in [0.2, 0.25) is 0 Å². The first-order valence-corrected chi connectivity index (χ1v) is 9.12. The predicted octanol–water partition coefficient (Wildman–Crippen LogP) is 3.66. The van der Waals surface area contributed by atoms with Crippen LogP contribution in [0.5, 0.6) is 0 Å². The lowest BCUT2D eigenvalue weighted by Crippen LogP contribution is -2.46. The van der Waals surface area contributed by atoms with Gasteiger partial charge in [-0.1, -0.05) is 25.0 Å². The average molecular weight is 334 g/mol. The summed E-state index contributed by atoms with van der Waals surface area (Å²) in [5, 5.41) is 15.7. The molecule has 3 N–H and O–H groups in total. The minimum absolute atomic E-state index is 0.0673. The maximum absolute atomic E-state index is 13.2. The van der Waals surface area contributed by atoms with Crippen LogP contribution in [-0.4, -0.2) is 23.3 Å². The summed E-state index contributed by atoms with van der Waals surface area (Å²) in [4.78, 5) is 12.4. The molecule has 0 spiro atoms. The number of carbonyl (C=O) groups is 1. The van der Waals surface area contributed by atoms with Crippen LogP contribution in [0, 0.1) is 11.7 Å². The predicted molar refractivity (Wildman–Crippen MR) is 91.0 cm³/mol. The number of aliphatic hydroxyl groups is 1. The lowest BCUT2D eigenvalue weighted by molar-refractivity contribution is 0.117. The molecule has 0 aliphatic heterocycles. The number of benzene rings is 1. The van der Waals surface area contributed by atoms with E-state index in [-0.39, 0.29) is 30.0 Å².